The average Bonchev–Trinajstić information content (AvgIpc) is 2.83. The molecule has 2 aliphatic heterocycles. The minimum absolute atomic E-state index is 0.0203. The molecule has 3 heterocycles. The van der Waals surface area contributed by atoms with Crippen LogP contribution in [0.4, 0.5) is 17.5 Å². The van der Waals surface area contributed by atoms with Gasteiger partial charge in [0.15, 0.2) is 0 Å². The first kappa shape index (κ1) is 18.3. The average molecular weight is 389 g/mol. The summed E-state index contributed by atoms with van der Waals surface area (Å²) in [4.78, 5) is 10.9. The van der Waals surface area contributed by atoms with Gasteiger partial charge in [0.2, 0.25) is 5.95 Å². The molecule has 4 N–H and O–H groups in total. The van der Waals surface area contributed by atoms with Crippen molar-refractivity contribution in [1.29, 1.82) is 0 Å². The van der Waals surface area contributed by atoms with Gasteiger partial charge in [-0.15, -0.1) is 0 Å². The lowest BCUT2D eigenvalue weighted by atomic mass is 10.0. The van der Waals surface area contributed by atoms with Gasteiger partial charge in [0.25, 0.3) is 0 Å². The Morgan fingerprint density at radius 1 is 1.30 bits per heavy atom. The van der Waals surface area contributed by atoms with Crippen LogP contribution in [0.3, 0.4) is 0 Å². The molecule has 1 atom stereocenters. The van der Waals surface area contributed by atoms with Crippen molar-refractivity contribution in [2.24, 2.45) is 0 Å². The highest BCUT2D eigenvalue weighted by atomic mass is 35.5. The smallest absolute Gasteiger partial charge is 0.222 e. The second-order valence-electron chi connectivity index (χ2n) is 7.10. The standard InChI is InChI=1S/C19H25ClN6O/c1-12-7-18(25-19(21)23-12)26-5-2-6-27-11-17(26)15-4-3-13(8-16(15)20)24-14-9-22-10-14/h3-4,7-8,14,17,22,24H,2,5-6,9-11H2,1H3,(H2,21,23,25). The summed E-state index contributed by atoms with van der Waals surface area (Å²) in [5, 5.41) is 7.48. The number of nitrogen functional groups attached to an aromatic ring is 1. The van der Waals surface area contributed by atoms with Gasteiger partial charge in [-0.1, -0.05) is 17.7 Å². The molecule has 0 radical (unpaired) electrons. The molecule has 1 aromatic carbocycles. The second-order valence-corrected chi connectivity index (χ2v) is 7.51. The normalized spacial score (nSPS) is 20.8. The SMILES string of the molecule is Cc1cc(N2CCCOCC2c2ccc(NC3CNC3)cc2Cl)nc(N)n1. The van der Waals surface area contributed by atoms with E-state index in [0.29, 0.717) is 12.6 Å². The zero-order valence-electron chi connectivity index (χ0n) is 15.4. The number of benzene rings is 1. The van der Waals surface area contributed by atoms with Crippen molar-refractivity contribution in [2.45, 2.75) is 25.4 Å². The Labute approximate surface area is 164 Å². The first-order valence-electron chi connectivity index (χ1n) is 9.32. The summed E-state index contributed by atoms with van der Waals surface area (Å²) in [6.45, 7) is 5.99. The van der Waals surface area contributed by atoms with Gasteiger partial charge >= 0.3 is 0 Å². The molecule has 4 rings (SSSR count). The van der Waals surface area contributed by atoms with E-state index in [0.717, 1.165) is 60.4 Å². The molecule has 2 aromatic rings. The lowest BCUT2D eigenvalue weighted by molar-refractivity contribution is 0.134. The first-order chi connectivity index (χ1) is 13.1. The van der Waals surface area contributed by atoms with Crippen molar-refractivity contribution in [3.05, 3.63) is 40.5 Å². The van der Waals surface area contributed by atoms with Crippen molar-refractivity contribution in [3.63, 3.8) is 0 Å². The van der Waals surface area contributed by atoms with Crippen LogP contribution in [-0.2, 0) is 4.74 Å². The maximum absolute atomic E-state index is 6.68. The van der Waals surface area contributed by atoms with E-state index in [4.69, 9.17) is 22.1 Å². The third kappa shape index (κ3) is 4.10. The van der Waals surface area contributed by atoms with E-state index < -0.39 is 0 Å². The predicted molar refractivity (Wildman–Crippen MR) is 108 cm³/mol. The highest BCUT2D eigenvalue weighted by molar-refractivity contribution is 6.31. The Bertz CT molecular complexity index is 793. The molecular weight excluding hydrogens is 364 g/mol. The molecule has 1 aromatic heterocycles. The lowest BCUT2D eigenvalue weighted by Crippen LogP contribution is -2.51. The molecule has 7 nitrogen and oxygen atoms in total. The lowest BCUT2D eigenvalue weighted by Gasteiger charge is -2.32. The van der Waals surface area contributed by atoms with Crippen LogP contribution >= 0.6 is 11.6 Å². The van der Waals surface area contributed by atoms with Gasteiger partial charge < -0.3 is 26.0 Å². The molecule has 0 aliphatic carbocycles. The third-order valence-electron chi connectivity index (χ3n) is 5.00. The van der Waals surface area contributed by atoms with Crippen LogP contribution in [0, 0.1) is 6.92 Å². The van der Waals surface area contributed by atoms with Crippen molar-refractivity contribution >= 4 is 29.1 Å². The minimum Gasteiger partial charge on any atom is -0.380 e. The van der Waals surface area contributed by atoms with E-state index in [-0.39, 0.29) is 12.0 Å². The number of hydrogen-bond acceptors (Lipinski definition) is 7. The van der Waals surface area contributed by atoms with Crippen LogP contribution in [0.1, 0.15) is 23.7 Å². The van der Waals surface area contributed by atoms with E-state index in [9.17, 15) is 0 Å². The fraction of sp³-hybridized carbons (Fsp3) is 0.474. The van der Waals surface area contributed by atoms with E-state index >= 15 is 0 Å². The summed E-state index contributed by atoms with van der Waals surface area (Å²) in [5.74, 6) is 1.10. The number of halogens is 1. The first-order valence-corrected chi connectivity index (χ1v) is 9.70. The number of nitrogens with zero attached hydrogens (tertiary/aromatic N) is 3. The highest BCUT2D eigenvalue weighted by Gasteiger charge is 2.27. The number of anilines is 3. The number of nitrogens with two attached hydrogens (primary N) is 1. The number of aromatic nitrogens is 2. The largest absolute Gasteiger partial charge is 0.380 e. The van der Waals surface area contributed by atoms with Crippen LogP contribution in [0.15, 0.2) is 24.3 Å². The van der Waals surface area contributed by atoms with Crippen molar-refractivity contribution in [3.8, 4) is 0 Å². The number of ether oxygens (including phenoxy) is 1. The Morgan fingerprint density at radius 3 is 2.85 bits per heavy atom. The zero-order valence-corrected chi connectivity index (χ0v) is 16.2. The Balaban J connectivity index is 1.63. The summed E-state index contributed by atoms with van der Waals surface area (Å²) < 4.78 is 5.85. The van der Waals surface area contributed by atoms with E-state index in [2.05, 4.69) is 37.6 Å². The quantitative estimate of drug-likeness (QED) is 0.740. The maximum atomic E-state index is 6.68. The third-order valence-corrected chi connectivity index (χ3v) is 5.33. The fourth-order valence-electron chi connectivity index (χ4n) is 3.54. The van der Waals surface area contributed by atoms with Crippen LogP contribution in [0.5, 0.6) is 0 Å². The zero-order chi connectivity index (χ0) is 18.8. The molecule has 1 unspecified atom stereocenters. The van der Waals surface area contributed by atoms with Gasteiger partial charge in [0, 0.05) is 48.7 Å². The van der Waals surface area contributed by atoms with Crippen molar-refractivity contribution in [1.82, 2.24) is 15.3 Å². The molecule has 0 saturated carbocycles. The number of nitrogens with one attached hydrogen (secondary N) is 2. The second kappa shape index (κ2) is 7.88. The molecule has 0 spiro atoms. The van der Waals surface area contributed by atoms with E-state index in [1.807, 2.05) is 19.1 Å². The van der Waals surface area contributed by atoms with Crippen LogP contribution in [0.25, 0.3) is 0 Å². The molecule has 8 heteroatoms. The topological polar surface area (TPSA) is 88.3 Å². The van der Waals surface area contributed by atoms with Gasteiger partial charge in [0.05, 0.1) is 18.7 Å². The number of rotatable bonds is 4. The maximum Gasteiger partial charge on any atom is 0.222 e. The summed E-state index contributed by atoms with van der Waals surface area (Å²) in [6.07, 6.45) is 0.922. The number of hydrogen-bond donors (Lipinski definition) is 3. The molecule has 144 valence electrons. The molecule has 2 aliphatic rings. The van der Waals surface area contributed by atoms with Crippen LogP contribution in [0.2, 0.25) is 5.02 Å². The van der Waals surface area contributed by atoms with E-state index in [1.54, 1.807) is 0 Å². The predicted octanol–water partition coefficient (Wildman–Crippen LogP) is 2.37. The van der Waals surface area contributed by atoms with Crippen LogP contribution < -0.4 is 21.3 Å². The van der Waals surface area contributed by atoms with Crippen molar-refractivity contribution in [2.75, 3.05) is 48.8 Å². The molecular formula is C19H25ClN6O. The van der Waals surface area contributed by atoms with Gasteiger partial charge in [-0.05, 0) is 31.0 Å². The van der Waals surface area contributed by atoms with Gasteiger partial charge in [-0.3, -0.25) is 0 Å². The summed E-state index contributed by atoms with van der Waals surface area (Å²) in [6, 6.07) is 8.58. The Kier molecular flexibility index (Phi) is 5.33. The molecule has 27 heavy (non-hydrogen) atoms. The summed E-state index contributed by atoms with van der Waals surface area (Å²) in [5.41, 5.74) is 8.81. The van der Waals surface area contributed by atoms with Gasteiger partial charge in [-0.25, -0.2) is 4.98 Å². The Morgan fingerprint density at radius 2 is 2.15 bits per heavy atom. The molecule has 0 amide bonds. The van der Waals surface area contributed by atoms with Gasteiger partial charge in [-0.2, -0.15) is 4.98 Å². The minimum atomic E-state index is -0.0203. The molecule has 2 fully saturated rings. The number of aryl methyl sites for hydroxylation is 1. The van der Waals surface area contributed by atoms with Gasteiger partial charge in [0.1, 0.15) is 5.82 Å². The van der Waals surface area contributed by atoms with E-state index in [1.165, 1.54) is 0 Å². The van der Waals surface area contributed by atoms with Crippen LogP contribution in [-0.4, -0.2) is 48.9 Å². The fourth-order valence-corrected chi connectivity index (χ4v) is 3.85. The summed E-state index contributed by atoms with van der Waals surface area (Å²) >= 11 is 6.68. The molecule has 2 saturated heterocycles. The van der Waals surface area contributed by atoms with Crippen molar-refractivity contribution < 1.29 is 4.74 Å². The molecule has 0 bridgehead atoms. The Hall–Kier alpha value is -2.09. The highest BCUT2D eigenvalue weighted by Crippen LogP contribution is 2.34. The summed E-state index contributed by atoms with van der Waals surface area (Å²) in [7, 11) is 0. The monoisotopic (exact) mass is 388 g/mol.